The molecule has 6 heteroatoms. The van der Waals surface area contributed by atoms with E-state index in [2.05, 4.69) is 5.16 Å². The van der Waals surface area contributed by atoms with E-state index in [0.29, 0.717) is 19.0 Å². The van der Waals surface area contributed by atoms with Crippen LogP contribution in [0.3, 0.4) is 0 Å². The first-order valence-electron chi connectivity index (χ1n) is 5.53. The Hall–Kier alpha value is -1.56. The summed E-state index contributed by atoms with van der Waals surface area (Å²) in [6, 6.07) is 4.02. The van der Waals surface area contributed by atoms with Gasteiger partial charge in [0.05, 0.1) is 4.88 Å². The monoisotopic (exact) mass is 253 g/mol. The van der Waals surface area contributed by atoms with E-state index >= 15 is 0 Å². The van der Waals surface area contributed by atoms with Crippen LogP contribution in [0.25, 0.3) is 0 Å². The van der Waals surface area contributed by atoms with Crippen LogP contribution >= 0.6 is 11.3 Å². The lowest BCUT2D eigenvalue weighted by atomic mass is 10.3. The van der Waals surface area contributed by atoms with Crippen molar-refractivity contribution in [3.63, 3.8) is 0 Å². The maximum absolute atomic E-state index is 12.2. The van der Waals surface area contributed by atoms with Crippen LogP contribution in [0.5, 0.6) is 0 Å². The van der Waals surface area contributed by atoms with Crippen molar-refractivity contribution in [2.75, 3.05) is 6.54 Å². The zero-order valence-electron chi connectivity index (χ0n) is 9.37. The first-order chi connectivity index (χ1) is 8.22. The van der Waals surface area contributed by atoms with Gasteiger partial charge in [0.25, 0.3) is 5.91 Å². The number of hydrogen-bond acceptors (Lipinski definition) is 4. The summed E-state index contributed by atoms with van der Waals surface area (Å²) in [5, 5.41) is 13.3. The molecule has 17 heavy (non-hydrogen) atoms. The first kappa shape index (κ1) is 11.9. The van der Waals surface area contributed by atoms with E-state index in [9.17, 15) is 4.79 Å². The minimum absolute atomic E-state index is 0.0493. The lowest BCUT2D eigenvalue weighted by molar-refractivity contribution is 0.0752. The first-order valence-corrected chi connectivity index (χ1v) is 6.41. The topological polar surface area (TPSA) is 78.9 Å². The summed E-state index contributed by atoms with van der Waals surface area (Å²) in [6.45, 7) is 0.511. The fourth-order valence-corrected chi connectivity index (χ4v) is 2.34. The van der Waals surface area contributed by atoms with E-state index < -0.39 is 0 Å². The molecular weight excluding hydrogens is 238 g/mol. The molecule has 0 unspecified atom stereocenters. The van der Waals surface area contributed by atoms with Crippen molar-refractivity contribution in [1.82, 2.24) is 4.90 Å². The molecule has 0 spiro atoms. The summed E-state index contributed by atoms with van der Waals surface area (Å²) < 4.78 is 0. The zero-order valence-corrected chi connectivity index (χ0v) is 10.2. The fourth-order valence-electron chi connectivity index (χ4n) is 1.66. The van der Waals surface area contributed by atoms with Crippen molar-refractivity contribution in [3.05, 3.63) is 22.4 Å². The Morgan fingerprint density at radius 3 is 2.94 bits per heavy atom. The minimum Gasteiger partial charge on any atom is -0.409 e. The van der Waals surface area contributed by atoms with E-state index in [1.54, 1.807) is 0 Å². The Labute approximate surface area is 104 Å². The summed E-state index contributed by atoms with van der Waals surface area (Å²) in [5.41, 5.74) is 5.43. The van der Waals surface area contributed by atoms with Crippen LogP contribution in [0.15, 0.2) is 22.7 Å². The van der Waals surface area contributed by atoms with Crippen LogP contribution in [-0.2, 0) is 0 Å². The Morgan fingerprint density at radius 2 is 2.41 bits per heavy atom. The molecule has 0 bridgehead atoms. The van der Waals surface area contributed by atoms with Gasteiger partial charge in [-0.05, 0) is 24.3 Å². The van der Waals surface area contributed by atoms with Crippen LogP contribution in [0.1, 0.15) is 28.9 Å². The molecule has 1 aromatic heterocycles. The fraction of sp³-hybridized carbons (Fsp3) is 0.455. The minimum atomic E-state index is 0.0493. The lowest BCUT2D eigenvalue weighted by Crippen LogP contribution is -2.35. The number of carbonyl (C=O) groups is 1. The predicted octanol–water partition coefficient (Wildman–Crippen LogP) is 1.49. The highest BCUT2D eigenvalue weighted by molar-refractivity contribution is 7.12. The third-order valence-corrected chi connectivity index (χ3v) is 3.58. The van der Waals surface area contributed by atoms with E-state index in [-0.39, 0.29) is 11.7 Å². The van der Waals surface area contributed by atoms with Crippen LogP contribution in [-0.4, -0.2) is 34.4 Å². The molecule has 1 aliphatic rings. The smallest absolute Gasteiger partial charge is 0.264 e. The molecule has 1 fully saturated rings. The van der Waals surface area contributed by atoms with Crippen LogP contribution in [0.4, 0.5) is 0 Å². The highest BCUT2D eigenvalue weighted by Gasteiger charge is 2.33. The van der Waals surface area contributed by atoms with Gasteiger partial charge in [0, 0.05) is 19.0 Å². The Morgan fingerprint density at radius 1 is 1.65 bits per heavy atom. The molecule has 5 nitrogen and oxygen atoms in total. The summed E-state index contributed by atoms with van der Waals surface area (Å²) in [4.78, 5) is 14.8. The third-order valence-electron chi connectivity index (χ3n) is 2.72. The van der Waals surface area contributed by atoms with Gasteiger partial charge in [0.2, 0.25) is 0 Å². The van der Waals surface area contributed by atoms with Crippen molar-refractivity contribution < 1.29 is 10.0 Å². The highest BCUT2D eigenvalue weighted by Crippen LogP contribution is 2.29. The number of rotatable bonds is 5. The van der Waals surface area contributed by atoms with Gasteiger partial charge in [-0.1, -0.05) is 11.2 Å². The van der Waals surface area contributed by atoms with Crippen LogP contribution < -0.4 is 5.73 Å². The van der Waals surface area contributed by atoms with Gasteiger partial charge >= 0.3 is 0 Å². The van der Waals surface area contributed by atoms with Gasteiger partial charge in [0.15, 0.2) is 0 Å². The molecule has 0 radical (unpaired) electrons. The standard InChI is InChI=1S/C11H15N3O2S/c12-10(13-16)5-6-14(8-3-4-8)11(15)9-2-1-7-17-9/h1-2,7-8,16H,3-6H2,(H2,12,13). The van der Waals surface area contributed by atoms with Crippen molar-refractivity contribution in [1.29, 1.82) is 0 Å². The summed E-state index contributed by atoms with van der Waals surface area (Å²) >= 11 is 1.44. The lowest BCUT2D eigenvalue weighted by Gasteiger charge is -2.21. The molecular formula is C11H15N3O2S. The second-order valence-corrected chi connectivity index (χ2v) is 5.00. The van der Waals surface area contributed by atoms with Crippen molar-refractivity contribution in [2.24, 2.45) is 10.9 Å². The number of oxime groups is 1. The molecule has 3 N–H and O–H groups in total. The quantitative estimate of drug-likeness (QED) is 0.361. The third kappa shape index (κ3) is 2.97. The van der Waals surface area contributed by atoms with Gasteiger partial charge in [-0.25, -0.2) is 0 Å². The number of hydrogen-bond donors (Lipinski definition) is 2. The van der Waals surface area contributed by atoms with Crippen molar-refractivity contribution in [3.8, 4) is 0 Å². The molecule has 1 saturated carbocycles. The van der Waals surface area contributed by atoms with E-state index in [4.69, 9.17) is 10.9 Å². The van der Waals surface area contributed by atoms with Crippen LogP contribution in [0.2, 0.25) is 0 Å². The summed E-state index contributed by atoms with van der Waals surface area (Å²) in [5.74, 6) is 0.211. The van der Waals surface area contributed by atoms with E-state index in [0.717, 1.165) is 17.7 Å². The Balaban J connectivity index is 2.00. The SMILES string of the molecule is N/C(CCN(C(=O)c1cccs1)C1CC1)=N/O. The Bertz CT molecular complexity index is 412. The average Bonchev–Trinajstić information content (AvgIpc) is 3.02. The largest absolute Gasteiger partial charge is 0.409 e. The molecule has 0 saturated heterocycles. The molecule has 0 aromatic carbocycles. The van der Waals surface area contributed by atoms with Gasteiger partial charge < -0.3 is 15.8 Å². The maximum Gasteiger partial charge on any atom is 0.264 e. The molecule has 1 aromatic rings. The normalized spacial score (nSPS) is 15.9. The Kier molecular flexibility index (Phi) is 3.63. The van der Waals surface area contributed by atoms with E-state index in [1.807, 2.05) is 22.4 Å². The van der Waals surface area contributed by atoms with Gasteiger partial charge in [-0.3, -0.25) is 4.79 Å². The number of carbonyl (C=O) groups excluding carboxylic acids is 1. The van der Waals surface area contributed by atoms with Crippen molar-refractivity contribution >= 4 is 23.1 Å². The number of thiophene rings is 1. The van der Waals surface area contributed by atoms with Gasteiger partial charge in [-0.2, -0.15) is 0 Å². The second-order valence-electron chi connectivity index (χ2n) is 4.05. The van der Waals surface area contributed by atoms with Gasteiger partial charge in [0.1, 0.15) is 5.84 Å². The van der Waals surface area contributed by atoms with E-state index in [1.165, 1.54) is 11.3 Å². The number of amides is 1. The zero-order chi connectivity index (χ0) is 12.3. The summed E-state index contributed by atoms with van der Waals surface area (Å²) in [7, 11) is 0. The molecule has 1 aliphatic carbocycles. The molecule has 1 amide bonds. The molecule has 2 rings (SSSR count). The molecule has 1 heterocycles. The van der Waals surface area contributed by atoms with Gasteiger partial charge in [-0.15, -0.1) is 11.3 Å². The van der Waals surface area contributed by atoms with Crippen LogP contribution in [0, 0.1) is 0 Å². The summed E-state index contributed by atoms with van der Waals surface area (Å²) in [6.07, 6.45) is 2.50. The number of nitrogens with zero attached hydrogens (tertiary/aromatic N) is 2. The molecule has 0 atom stereocenters. The molecule has 92 valence electrons. The van der Waals surface area contributed by atoms with Crippen molar-refractivity contribution in [2.45, 2.75) is 25.3 Å². The average molecular weight is 253 g/mol. The maximum atomic E-state index is 12.2. The number of nitrogens with two attached hydrogens (primary N) is 1. The highest BCUT2D eigenvalue weighted by atomic mass is 32.1. The molecule has 0 aliphatic heterocycles. The number of amidine groups is 1. The predicted molar refractivity (Wildman–Crippen MR) is 66.4 cm³/mol. The second kappa shape index (κ2) is 5.18.